The molecule has 216 valence electrons. The summed E-state index contributed by atoms with van der Waals surface area (Å²) in [6.45, 7) is 3.58. The van der Waals surface area contributed by atoms with Crippen LogP contribution in [0.25, 0.3) is 0 Å². The van der Waals surface area contributed by atoms with Crippen molar-refractivity contribution in [2.75, 3.05) is 19.6 Å². The monoisotopic (exact) mass is 555 g/mol. The average molecular weight is 556 g/mol. The molecule has 4 aliphatic heterocycles. The Kier molecular flexibility index (Phi) is 5.16. The van der Waals surface area contributed by atoms with Crippen molar-refractivity contribution in [1.82, 2.24) is 15.1 Å². The average Bonchev–Trinajstić information content (AvgIpc) is 3.91. The van der Waals surface area contributed by atoms with E-state index in [1.165, 1.54) is 36.8 Å². The molecule has 1 amide bonds. The summed E-state index contributed by atoms with van der Waals surface area (Å²) in [5.74, 6) is 2.21. The first-order valence-corrected chi connectivity index (χ1v) is 16.0. The van der Waals surface area contributed by atoms with Gasteiger partial charge in [-0.05, 0) is 86.9 Å². The van der Waals surface area contributed by atoms with Gasteiger partial charge in [0.05, 0.1) is 17.0 Å². The number of nitrogens with one attached hydrogen (secondary N) is 1. The maximum Gasteiger partial charge on any atom is 0.221 e. The van der Waals surface area contributed by atoms with E-state index >= 15 is 0 Å². The van der Waals surface area contributed by atoms with Crippen LogP contribution in [0.2, 0.25) is 0 Å². The van der Waals surface area contributed by atoms with Gasteiger partial charge in [0.25, 0.3) is 0 Å². The van der Waals surface area contributed by atoms with Crippen LogP contribution in [0.15, 0.2) is 42.5 Å². The van der Waals surface area contributed by atoms with Crippen LogP contribution < -0.4 is 10.1 Å². The number of phenolic OH excluding ortho intramolecular Hbond substituents is 1. The second-order valence-electron chi connectivity index (χ2n) is 14.3. The Morgan fingerprint density at radius 2 is 1.78 bits per heavy atom. The highest BCUT2D eigenvalue weighted by Crippen LogP contribution is 2.72. The first-order valence-electron chi connectivity index (χ1n) is 16.0. The third-order valence-electron chi connectivity index (χ3n) is 12.2. The fourth-order valence-corrected chi connectivity index (χ4v) is 10.2. The van der Waals surface area contributed by atoms with E-state index in [1.54, 1.807) is 6.07 Å². The highest BCUT2D eigenvalue weighted by molar-refractivity contribution is 5.77. The smallest absolute Gasteiger partial charge is 0.221 e. The molecule has 0 radical (unpaired) electrons. The van der Waals surface area contributed by atoms with Gasteiger partial charge in [0, 0.05) is 37.7 Å². The highest BCUT2D eigenvalue weighted by Gasteiger charge is 2.82. The van der Waals surface area contributed by atoms with Crippen molar-refractivity contribution in [2.24, 2.45) is 11.8 Å². The molecule has 7 nitrogen and oxygen atoms in total. The van der Waals surface area contributed by atoms with E-state index in [0.717, 1.165) is 50.4 Å². The molecule has 3 saturated carbocycles. The quantitative estimate of drug-likeness (QED) is 0.463. The van der Waals surface area contributed by atoms with Gasteiger partial charge in [-0.25, -0.2) is 0 Å². The summed E-state index contributed by atoms with van der Waals surface area (Å²) in [6.07, 6.45) is 8.36. The molecule has 41 heavy (non-hydrogen) atoms. The van der Waals surface area contributed by atoms with Gasteiger partial charge in [-0.2, -0.15) is 0 Å². The maximum atomic E-state index is 13.6. The van der Waals surface area contributed by atoms with E-state index in [2.05, 4.69) is 21.2 Å². The number of likely N-dealkylation sites (tertiary alicyclic amines) is 1. The van der Waals surface area contributed by atoms with Gasteiger partial charge in [0.15, 0.2) is 11.5 Å². The Morgan fingerprint density at radius 3 is 2.56 bits per heavy atom. The van der Waals surface area contributed by atoms with Crippen molar-refractivity contribution < 1.29 is 19.7 Å². The number of phenols is 1. The molecule has 10 rings (SSSR count). The molecule has 4 bridgehead atoms. The van der Waals surface area contributed by atoms with Crippen LogP contribution >= 0.6 is 0 Å². The minimum atomic E-state index is -1.16. The number of aliphatic hydroxyl groups is 1. The normalized spacial score (nSPS) is 38.4. The second kappa shape index (κ2) is 8.48. The number of fused-ring (bicyclic) bond motifs is 2. The molecule has 2 spiro atoms. The zero-order valence-electron chi connectivity index (χ0n) is 23.7. The van der Waals surface area contributed by atoms with Gasteiger partial charge < -0.3 is 20.3 Å². The lowest BCUT2D eigenvalue weighted by molar-refractivity contribution is -0.293. The summed E-state index contributed by atoms with van der Waals surface area (Å²) >= 11 is 0. The van der Waals surface area contributed by atoms with Crippen LogP contribution in [-0.4, -0.2) is 74.9 Å². The lowest BCUT2D eigenvalue weighted by Crippen LogP contribution is -2.91. The van der Waals surface area contributed by atoms with Gasteiger partial charge in [0.2, 0.25) is 5.91 Å². The highest BCUT2D eigenvalue weighted by atomic mass is 16.5. The number of aromatic hydroxyl groups is 1. The number of hydrogen-bond donors (Lipinski definition) is 3. The van der Waals surface area contributed by atoms with E-state index < -0.39 is 11.7 Å². The molecule has 6 fully saturated rings. The number of rotatable bonds is 8. The van der Waals surface area contributed by atoms with Crippen LogP contribution in [0, 0.1) is 11.8 Å². The van der Waals surface area contributed by atoms with Crippen LogP contribution in [-0.2, 0) is 23.2 Å². The third-order valence-corrected chi connectivity index (χ3v) is 12.2. The first kappa shape index (κ1) is 24.9. The number of nitrogens with zero attached hydrogens (tertiary/aromatic N) is 2. The summed E-state index contributed by atoms with van der Waals surface area (Å²) in [4.78, 5) is 19.1. The summed E-state index contributed by atoms with van der Waals surface area (Å²) in [5.41, 5.74) is 1.80. The summed E-state index contributed by atoms with van der Waals surface area (Å²) in [5, 5.41) is 27.1. The Hall–Kier alpha value is -2.61. The number of hydrogen-bond acceptors (Lipinski definition) is 6. The summed E-state index contributed by atoms with van der Waals surface area (Å²) in [7, 11) is 0. The van der Waals surface area contributed by atoms with Crippen LogP contribution in [0.5, 0.6) is 11.5 Å². The number of carbonyl (C=O) groups excluding carboxylic acids is 1. The Balaban J connectivity index is 1.16. The molecule has 7 heteroatoms. The first-order chi connectivity index (χ1) is 19.9. The Bertz CT molecular complexity index is 1410. The van der Waals surface area contributed by atoms with E-state index in [0.29, 0.717) is 30.7 Å². The fraction of sp³-hybridized carbons (Fsp3) is 0.618. The molecular formula is C34H41N3O4. The molecule has 3 N–H and O–H groups in total. The van der Waals surface area contributed by atoms with Gasteiger partial charge in [0.1, 0.15) is 11.7 Å². The molecule has 0 unspecified atom stereocenters. The number of piperidine rings is 3. The predicted molar refractivity (Wildman–Crippen MR) is 154 cm³/mol. The molecule has 2 aromatic carbocycles. The third kappa shape index (κ3) is 3.29. The largest absolute Gasteiger partial charge is 0.504 e. The topological polar surface area (TPSA) is 85.3 Å². The van der Waals surface area contributed by atoms with Gasteiger partial charge in [-0.1, -0.05) is 36.4 Å². The van der Waals surface area contributed by atoms with Crippen LogP contribution in [0.4, 0.5) is 0 Å². The molecule has 8 aliphatic rings. The van der Waals surface area contributed by atoms with Gasteiger partial charge in [-0.3, -0.25) is 14.6 Å². The van der Waals surface area contributed by atoms with Crippen molar-refractivity contribution >= 4 is 5.91 Å². The number of benzene rings is 2. The van der Waals surface area contributed by atoms with Crippen LogP contribution in [0.1, 0.15) is 68.1 Å². The number of carbonyl (C=O) groups is 1. The predicted octanol–water partition coefficient (Wildman–Crippen LogP) is 3.50. The van der Waals surface area contributed by atoms with Gasteiger partial charge in [-0.15, -0.1) is 0 Å². The van der Waals surface area contributed by atoms with Crippen molar-refractivity contribution in [3.8, 4) is 11.5 Å². The summed E-state index contributed by atoms with van der Waals surface area (Å²) in [6, 6.07) is 14.0. The molecular weight excluding hydrogens is 514 g/mol. The van der Waals surface area contributed by atoms with Crippen molar-refractivity contribution in [3.05, 3.63) is 59.2 Å². The zero-order chi connectivity index (χ0) is 27.6. The minimum absolute atomic E-state index is 0.0130. The SMILES string of the molecule is O=C(C[C@@H]1N(CC2CC2)[C@@]23CC[C@]1(O)[C@@H]1Oc4c(O)ccc5c4[C@]12CCN(CC1CC1)[C@@H]3C5)NCc1ccccc1. The van der Waals surface area contributed by atoms with E-state index in [1.807, 2.05) is 30.3 Å². The van der Waals surface area contributed by atoms with Crippen molar-refractivity contribution in [3.63, 3.8) is 0 Å². The molecule has 3 saturated heterocycles. The summed E-state index contributed by atoms with van der Waals surface area (Å²) < 4.78 is 6.80. The maximum absolute atomic E-state index is 13.6. The Morgan fingerprint density at radius 1 is 1.00 bits per heavy atom. The van der Waals surface area contributed by atoms with Crippen molar-refractivity contribution in [1.29, 1.82) is 0 Å². The number of amides is 1. The van der Waals surface area contributed by atoms with E-state index in [-0.39, 0.29) is 35.1 Å². The van der Waals surface area contributed by atoms with E-state index in [9.17, 15) is 15.0 Å². The van der Waals surface area contributed by atoms with Crippen molar-refractivity contribution in [2.45, 2.75) is 99.1 Å². The van der Waals surface area contributed by atoms with E-state index in [4.69, 9.17) is 4.74 Å². The molecule has 2 aromatic rings. The van der Waals surface area contributed by atoms with Crippen LogP contribution in [0.3, 0.4) is 0 Å². The lowest BCUT2D eigenvalue weighted by atomic mass is 9.40. The molecule has 4 aliphatic carbocycles. The van der Waals surface area contributed by atoms with Gasteiger partial charge >= 0.3 is 0 Å². The lowest BCUT2D eigenvalue weighted by Gasteiger charge is -2.77. The molecule has 0 aromatic heterocycles. The minimum Gasteiger partial charge on any atom is -0.504 e. The number of ether oxygens (including phenoxy) is 1. The fourth-order valence-electron chi connectivity index (χ4n) is 10.2. The standard InChI is InChI=1S/C34H41N3O4/c38-25-11-10-24-16-27-34-13-12-33(40,31-32(34,29(24)30(25)41-31)14-15-36(27)19-22-6-7-22)26(37(34)20-23-8-9-23)17-28(39)35-18-21-4-2-1-3-5-21/h1-5,10-11,22-23,26-27,31,38,40H,6-9,12-20H2,(H,35,39)/t26-,27+,31+,32+,33+,34+/m0/s1. The Labute approximate surface area is 241 Å². The zero-order valence-corrected chi connectivity index (χ0v) is 23.7. The molecule has 6 atom stereocenters. The molecule has 4 heterocycles. The second-order valence-corrected chi connectivity index (χ2v) is 14.3.